The van der Waals surface area contributed by atoms with Gasteiger partial charge in [-0.2, -0.15) is 4.98 Å². The zero-order valence-electron chi connectivity index (χ0n) is 21.1. The highest BCUT2D eigenvalue weighted by atomic mass is 16.5. The van der Waals surface area contributed by atoms with Gasteiger partial charge in [0.1, 0.15) is 5.75 Å². The Labute approximate surface area is 217 Å². The van der Waals surface area contributed by atoms with Gasteiger partial charge in [-0.15, -0.1) is 0 Å². The van der Waals surface area contributed by atoms with Crippen LogP contribution < -0.4 is 4.74 Å². The second kappa shape index (κ2) is 11.8. The summed E-state index contributed by atoms with van der Waals surface area (Å²) in [5.41, 5.74) is 3.40. The van der Waals surface area contributed by atoms with E-state index in [9.17, 15) is 4.79 Å². The first-order valence-electron chi connectivity index (χ1n) is 12.9. The second-order valence-corrected chi connectivity index (χ2v) is 9.11. The van der Waals surface area contributed by atoms with Crippen molar-refractivity contribution in [2.75, 3.05) is 32.8 Å². The summed E-state index contributed by atoms with van der Waals surface area (Å²) in [4.78, 5) is 21.9. The molecule has 7 nitrogen and oxygen atoms in total. The molecule has 1 saturated heterocycles. The van der Waals surface area contributed by atoms with Crippen LogP contribution in [0, 0.1) is 0 Å². The van der Waals surface area contributed by atoms with Crippen molar-refractivity contribution in [3.05, 3.63) is 102 Å². The van der Waals surface area contributed by atoms with Gasteiger partial charge in [-0.05, 0) is 42.3 Å². The van der Waals surface area contributed by atoms with E-state index in [4.69, 9.17) is 9.26 Å². The van der Waals surface area contributed by atoms with Gasteiger partial charge in [0.05, 0.1) is 12.6 Å². The number of hydrogen-bond donors (Lipinski definition) is 0. The number of carbonyl (C=O) groups is 1. The monoisotopic (exact) mass is 496 g/mol. The average molecular weight is 497 g/mol. The number of ether oxygens (including phenoxy) is 1. The fourth-order valence-corrected chi connectivity index (χ4v) is 4.83. The summed E-state index contributed by atoms with van der Waals surface area (Å²) < 4.78 is 10.9. The minimum atomic E-state index is 0.122. The Morgan fingerprint density at radius 3 is 2.11 bits per heavy atom. The first kappa shape index (κ1) is 24.7. The standard InChI is InChI=1S/C30H32N4O3/c1-2-36-26-15-13-25(14-16-26)30-31-27(37-32-30)17-18-28(35)33-19-21-34(22-20-33)29(23-9-5-3-6-10-23)24-11-7-4-8-12-24/h3-16,29H,2,17-22H2,1H3. The minimum absolute atomic E-state index is 0.122. The van der Waals surface area contributed by atoms with Crippen molar-refractivity contribution in [2.45, 2.75) is 25.8 Å². The fraction of sp³-hybridized carbons (Fsp3) is 0.300. The van der Waals surface area contributed by atoms with E-state index in [2.05, 4.69) is 63.6 Å². The molecule has 190 valence electrons. The predicted molar refractivity (Wildman–Crippen MR) is 142 cm³/mol. The van der Waals surface area contributed by atoms with Gasteiger partial charge >= 0.3 is 0 Å². The lowest BCUT2D eigenvalue weighted by atomic mass is 9.96. The minimum Gasteiger partial charge on any atom is -0.494 e. The van der Waals surface area contributed by atoms with Crippen LogP contribution in [0.25, 0.3) is 11.4 Å². The Morgan fingerprint density at radius 1 is 0.892 bits per heavy atom. The number of piperazine rings is 1. The number of aryl methyl sites for hydroxylation is 1. The summed E-state index contributed by atoms with van der Waals surface area (Å²) in [6, 6.07) is 28.9. The lowest BCUT2D eigenvalue weighted by Gasteiger charge is -2.39. The molecule has 0 atom stereocenters. The third kappa shape index (κ3) is 6.06. The number of hydrogen-bond acceptors (Lipinski definition) is 6. The van der Waals surface area contributed by atoms with Gasteiger partial charge in [-0.25, -0.2) is 0 Å². The summed E-state index contributed by atoms with van der Waals surface area (Å²) in [7, 11) is 0. The molecular formula is C30H32N4O3. The van der Waals surface area contributed by atoms with Gasteiger partial charge < -0.3 is 14.2 Å². The highest BCUT2D eigenvalue weighted by molar-refractivity contribution is 5.76. The van der Waals surface area contributed by atoms with E-state index >= 15 is 0 Å². The molecular weight excluding hydrogens is 464 g/mol. The van der Waals surface area contributed by atoms with Crippen molar-refractivity contribution in [1.82, 2.24) is 19.9 Å². The van der Waals surface area contributed by atoms with Crippen molar-refractivity contribution in [1.29, 1.82) is 0 Å². The van der Waals surface area contributed by atoms with Crippen molar-refractivity contribution in [3.8, 4) is 17.1 Å². The van der Waals surface area contributed by atoms with Crippen LogP contribution in [0.4, 0.5) is 0 Å². The Bertz CT molecular complexity index is 1230. The molecule has 1 aliphatic heterocycles. The first-order chi connectivity index (χ1) is 18.2. The quantitative estimate of drug-likeness (QED) is 0.325. The van der Waals surface area contributed by atoms with E-state index in [0.29, 0.717) is 44.3 Å². The van der Waals surface area contributed by atoms with Crippen LogP contribution in [0.5, 0.6) is 5.75 Å². The second-order valence-electron chi connectivity index (χ2n) is 9.11. The highest BCUT2D eigenvalue weighted by Crippen LogP contribution is 2.29. The van der Waals surface area contributed by atoms with Crippen LogP contribution in [0.1, 0.15) is 36.4 Å². The molecule has 1 aromatic heterocycles. The molecule has 4 aromatic rings. The topological polar surface area (TPSA) is 71.7 Å². The summed E-state index contributed by atoms with van der Waals surface area (Å²) >= 11 is 0. The molecule has 37 heavy (non-hydrogen) atoms. The van der Waals surface area contributed by atoms with Crippen LogP contribution in [-0.2, 0) is 11.2 Å². The maximum Gasteiger partial charge on any atom is 0.227 e. The molecule has 2 heterocycles. The number of amides is 1. The number of benzene rings is 3. The van der Waals surface area contributed by atoms with Gasteiger partial charge in [0, 0.05) is 44.6 Å². The molecule has 0 spiro atoms. The average Bonchev–Trinajstić information content (AvgIpc) is 3.43. The van der Waals surface area contributed by atoms with Crippen molar-refractivity contribution in [3.63, 3.8) is 0 Å². The van der Waals surface area contributed by atoms with Gasteiger partial charge in [-0.3, -0.25) is 9.69 Å². The summed E-state index contributed by atoms with van der Waals surface area (Å²) in [6.45, 7) is 5.62. The molecule has 0 bridgehead atoms. The van der Waals surface area contributed by atoms with Crippen LogP contribution in [0.2, 0.25) is 0 Å². The predicted octanol–water partition coefficient (Wildman–Crippen LogP) is 5.00. The van der Waals surface area contributed by atoms with Gasteiger partial charge in [-0.1, -0.05) is 65.8 Å². The molecule has 3 aromatic carbocycles. The van der Waals surface area contributed by atoms with E-state index in [0.717, 1.165) is 24.4 Å². The molecule has 0 saturated carbocycles. The molecule has 0 unspecified atom stereocenters. The maximum atomic E-state index is 13.0. The third-order valence-corrected chi connectivity index (χ3v) is 6.71. The zero-order chi connectivity index (χ0) is 25.5. The van der Waals surface area contributed by atoms with E-state index < -0.39 is 0 Å². The summed E-state index contributed by atoms with van der Waals surface area (Å²) in [5.74, 6) is 1.92. The molecule has 1 amide bonds. The van der Waals surface area contributed by atoms with Crippen molar-refractivity contribution in [2.24, 2.45) is 0 Å². The Morgan fingerprint density at radius 2 is 1.51 bits per heavy atom. The number of aromatic nitrogens is 2. The SMILES string of the molecule is CCOc1ccc(-c2noc(CCC(=O)N3CCN(C(c4ccccc4)c4ccccc4)CC3)n2)cc1. The van der Waals surface area contributed by atoms with Crippen LogP contribution >= 0.6 is 0 Å². The third-order valence-electron chi connectivity index (χ3n) is 6.71. The van der Waals surface area contributed by atoms with Crippen LogP contribution in [-0.4, -0.2) is 58.6 Å². The lowest BCUT2D eigenvalue weighted by molar-refractivity contribution is -0.133. The highest BCUT2D eigenvalue weighted by Gasteiger charge is 2.28. The number of carbonyl (C=O) groups excluding carboxylic acids is 1. The molecule has 0 radical (unpaired) electrons. The normalized spacial score (nSPS) is 14.2. The van der Waals surface area contributed by atoms with Crippen molar-refractivity contribution < 1.29 is 14.1 Å². The number of nitrogens with zero attached hydrogens (tertiary/aromatic N) is 4. The smallest absolute Gasteiger partial charge is 0.227 e. The molecule has 7 heteroatoms. The zero-order valence-corrected chi connectivity index (χ0v) is 21.1. The summed E-state index contributed by atoms with van der Waals surface area (Å²) in [5, 5.41) is 4.08. The van der Waals surface area contributed by atoms with Crippen LogP contribution in [0.3, 0.4) is 0 Å². The largest absolute Gasteiger partial charge is 0.494 e. The summed E-state index contributed by atoms with van der Waals surface area (Å²) in [6.07, 6.45) is 0.783. The Kier molecular flexibility index (Phi) is 7.91. The van der Waals surface area contributed by atoms with E-state index in [1.165, 1.54) is 11.1 Å². The molecule has 0 aliphatic carbocycles. The molecule has 0 N–H and O–H groups in total. The fourth-order valence-electron chi connectivity index (χ4n) is 4.83. The lowest BCUT2D eigenvalue weighted by Crippen LogP contribution is -2.49. The van der Waals surface area contributed by atoms with Crippen LogP contribution in [0.15, 0.2) is 89.5 Å². The van der Waals surface area contributed by atoms with E-state index in [-0.39, 0.29) is 11.9 Å². The van der Waals surface area contributed by atoms with Crippen molar-refractivity contribution >= 4 is 5.91 Å². The number of rotatable bonds is 9. The Balaban J connectivity index is 1.16. The molecule has 1 fully saturated rings. The van der Waals surface area contributed by atoms with E-state index in [1.54, 1.807) is 0 Å². The maximum absolute atomic E-state index is 13.0. The van der Waals surface area contributed by atoms with E-state index in [1.807, 2.05) is 48.2 Å². The van der Waals surface area contributed by atoms with Gasteiger partial charge in [0.2, 0.25) is 17.6 Å². The van der Waals surface area contributed by atoms with Gasteiger partial charge in [0.25, 0.3) is 0 Å². The Hall–Kier alpha value is -3.97. The first-order valence-corrected chi connectivity index (χ1v) is 12.9. The molecule has 5 rings (SSSR count). The molecule has 1 aliphatic rings. The van der Waals surface area contributed by atoms with Gasteiger partial charge in [0.15, 0.2) is 0 Å².